The number of halogens is 1. The molecule has 6 nitrogen and oxygen atoms in total. The molecule has 0 spiro atoms. The molecule has 0 radical (unpaired) electrons. The Labute approximate surface area is 197 Å². The summed E-state index contributed by atoms with van der Waals surface area (Å²) in [7, 11) is 0. The van der Waals surface area contributed by atoms with Crippen molar-refractivity contribution in [2.45, 2.75) is 27.2 Å². The molecule has 1 fully saturated rings. The van der Waals surface area contributed by atoms with E-state index in [0.29, 0.717) is 13.1 Å². The summed E-state index contributed by atoms with van der Waals surface area (Å²) in [6.45, 7) is 8.87. The number of aryl methyl sites for hydroxylation is 3. The molecule has 4 rings (SSSR count). The van der Waals surface area contributed by atoms with Crippen LogP contribution in [0.25, 0.3) is 0 Å². The summed E-state index contributed by atoms with van der Waals surface area (Å²) >= 11 is 3.42. The van der Waals surface area contributed by atoms with E-state index in [1.54, 1.807) is 0 Å². The molecule has 1 aliphatic heterocycles. The van der Waals surface area contributed by atoms with Gasteiger partial charge in [-0.15, -0.1) is 0 Å². The van der Waals surface area contributed by atoms with Crippen LogP contribution < -0.4 is 10.2 Å². The highest BCUT2D eigenvalue weighted by molar-refractivity contribution is 9.10. The summed E-state index contributed by atoms with van der Waals surface area (Å²) in [6.07, 6.45) is 0.798. The van der Waals surface area contributed by atoms with Crippen LogP contribution in [-0.4, -0.2) is 47.1 Å². The number of carbonyl (C=O) groups is 1. The first-order valence-electron chi connectivity index (χ1n) is 10.8. The lowest BCUT2D eigenvalue weighted by molar-refractivity contribution is 0.208. The highest BCUT2D eigenvalue weighted by Gasteiger charge is 2.25. The predicted molar refractivity (Wildman–Crippen MR) is 132 cm³/mol. The van der Waals surface area contributed by atoms with Gasteiger partial charge < -0.3 is 15.1 Å². The van der Waals surface area contributed by atoms with Crippen LogP contribution in [0.3, 0.4) is 0 Å². The molecule has 2 amide bonds. The van der Waals surface area contributed by atoms with Crippen LogP contribution in [0, 0.1) is 20.8 Å². The summed E-state index contributed by atoms with van der Waals surface area (Å²) in [5, 5.41) is 2.98. The number of aromatic nitrogens is 2. The topological polar surface area (TPSA) is 61.4 Å². The monoisotopic (exact) mass is 493 g/mol. The fourth-order valence-electron chi connectivity index (χ4n) is 3.95. The summed E-state index contributed by atoms with van der Waals surface area (Å²) in [5.41, 5.74) is 5.47. The minimum Gasteiger partial charge on any atom is -0.353 e. The number of rotatable bonds is 4. The molecule has 1 aromatic heterocycles. The Hall–Kier alpha value is -2.93. The fraction of sp³-hybridized carbons (Fsp3) is 0.320. The quantitative estimate of drug-likeness (QED) is 0.548. The number of hydrogen-bond acceptors (Lipinski definition) is 4. The van der Waals surface area contributed by atoms with Crippen LogP contribution in [-0.2, 0) is 6.42 Å². The van der Waals surface area contributed by atoms with E-state index in [2.05, 4.69) is 69.2 Å². The van der Waals surface area contributed by atoms with Crippen molar-refractivity contribution in [2.75, 3.05) is 36.4 Å². The molecular weight excluding hydrogens is 466 g/mol. The lowest BCUT2D eigenvalue weighted by atomic mass is 10.0. The second-order valence-electron chi connectivity index (χ2n) is 8.23. The zero-order valence-corrected chi connectivity index (χ0v) is 20.3. The smallest absolute Gasteiger partial charge is 0.321 e. The third kappa shape index (κ3) is 5.27. The van der Waals surface area contributed by atoms with Crippen molar-refractivity contribution in [3.05, 3.63) is 81.2 Å². The number of hydrogen-bond donors (Lipinski definition) is 1. The molecule has 2 aromatic carbocycles. The van der Waals surface area contributed by atoms with Crippen LogP contribution >= 0.6 is 15.9 Å². The van der Waals surface area contributed by atoms with Crippen LogP contribution in [0.4, 0.5) is 16.3 Å². The highest BCUT2D eigenvalue weighted by atomic mass is 79.9. The number of carbonyl (C=O) groups excluding carboxylic acids is 1. The average molecular weight is 494 g/mol. The first-order valence-corrected chi connectivity index (χ1v) is 11.6. The van der Waals surface area contributed by atoms with E-state index < -0.39 is 0 Å². The van der Waals surface area contributed by atoms with Crippen molar-refractivity contribution in [3.8, 4) is 0 Å². The van der Waals surface area contributed by atoms with Gasteiger partial charge in [-0.25, -0.2) is 14.8 Å². The van der Waals surface area contributed by atoms with Crippen molar-refractivity contribution in [3.63, 3.8) is 0 Å². The minimum absolute atomic E-state index is 0.0677. The molecule has 166 valence electrons. The van der Waals surface area contributed by atoms with Crippen LogP contribution in [0.5, 0.6) is 0 Å². The SMILES string of the molecule is Cc1ccc(Cc2c(C)nc(C)nc2N2CCN(C(=O)Nc3ccc(Br)cc3)CC2)cc1. The number of anilines is 2. The van der Waals surface area contributed by atoms with Crippen molar-refractivity contribution in [1.29, 1.82) is 0 Å². The Morgan fingerprint density at radius 1 is 0.938 bits per heavy atom. The van der Waals surface area contributed by atoms with Crippen LogP contribution in [0.2, 0.25) is 0 Å². The molecule has 0 atom stereocenters. The number of nitrogens with zero attached hydrogens (tertiary/aromatic N) is 4. The van der Waals surface area contributed by atoms with Crippen molar-refractivity contribution in [2.24, 2.45) is 0 Å². The van der Waals surface area contributed by atoms with Crippen molar-refractivity contribution < 1.29 is 4.79 Å². The van der Waals surface area contributed by atoms with Crippen molar-refractivity contribution >= 4 is 33.5 Å². The molecule has 1 saturated heterocycles. The third-order valence-corrected chi connectivity index (χ3v) is 6.30. The van der Waals surface area contributed by atoms with E-state index in [-0.39, 0.29) is 6.03 Å². The van der Waals surface area contributed by atoms with Crippen LogP contribution in [0.15, 0.2) is 53.0 Å². The van der Waals surface area contributed by atoms with Gasteiger partial charge in [-0.05, 0) is 50.6 Å². The maximum atomic E-state index is 12.7. The van der Waals surface area contributed by atoms with E-state index in [9.17, 15) is 4.79 Å². The number of nitrogens with one attached hydrogen (secondary N) is 1. The lowest BCUT2D eigenvalue weighted by Gasteiger charge is -2.36. The Bertz CT molecular complexity index is 1090. The lowest BCUT2D eigenvalue weighted by Crippen LogP contribution is -2.50. The maximum absolute atomic E-state index is 12.7. The standard InChI is InChI=1S/C25H28BrN5O/c1-17-4-6-20(7-5-17)16-23-18(2)27-19(3)28-24(23)30-12-14-31(15-13-30)25(32)29-22-10-8-21(26)9-11-22/h4-11H,12-16H2,1-3H3,(H,29,32). The van der Waals surface area contributed by atoms with Gasteiger partial charge >= 0.3 is 6.03 Å². The zero-order valence-electron chi connectivity index (χ0n) is 18.7. The van der Waals surface area contributed by atoms with Gasteiger partial charge in [0.15, 0.2) is 0 Å². The van der Waals surface area contributed by atoms with E-state index in [1.807, 2.05) is 36.1 Å². The van der Waals surface area contributed by atoms with Gasteiger partial charge in [-0.2, -0.15) is 0 Å². The predicted octanol–water partition coefficient (Wildman–Crippen LogP) is 5.11. The first-order chi connectivity index (χ1) is 15.4. The van der Waals surface area contributed by atoms with Gasteiger partial charge in [-0.1, -0.05) is 45.8 Å². The van der Waals surface area contributed by atoms with Crippen LogP contribution in [0.1, 0.15) is 28.2 Å². The van der Waals surface area contributed by atoms with Gasteiger partial charge in [0, 0.05) is 54.0 Å². The first kappa shape index (κ1) is 22.3. The summed E-state index contributed by atoms with van der Waals surface area (Å²) < 4.78 is 0.987. The van der Waals surface area contributed by atoms with E-state index >= 15 is 0 Å². The van der Waals surface area contributed by atoms with E-state index in [0.717, 1.165) is 52.6 Å². The molecule has 2 heterocycles. The van der Waals surface area contributed by atoms with Gasteiger partial charge in [0.05, 0.1) is 0 Å². The van der Waals surface area contributed by atoms with Gasteiger partial charge in [0.25, 0.3) is 0 Å². The summed E-state index contributed by atoms with van der Waals surface area (Å²) in [5.74, 6) is 1.77. The molecule has 1 N–H and O–H groups in total. The summed E-state index contributed by atoms with van der Waals surface area (Å²) in [6, 6.07) is 16.2. The number of amides is 2. The molecule has 0 aliphatic carbocycles. The Morgan fingerprint density at radius 3 is 2.25 bits per heavy atom. The Balaban J connectivity index is 1.46. The van der Waals surface area contributed by atoms with Crippen molar-refractivity contribution in [1.82, 2.24) is 14.9 Å². The van der Waals surface area contributed by atoms with E-state index in [1.165, 1.54) is 11.1 Å². The second-order valence-corrected chi connectivity index (χ2v) is 9.15. The molecule has 7 heteroatoms. The molecule has 0 saturated carbocycles. The molecule has 0 bridgehead atoms. The highest BCUT2D eigenvalue weighted by Crippen LogP contribution is 2.25. The largest absolute Gasteiger partial charge is 0.353 e. The molecule has 0 unspecified atom stereocenters. The Kier molecular flexibility index (Phi) is 6.74. The number of piperazine rings is 1. The molecular formula is C25H28BrN5O. The molecule has 3 aromatic rings. The van der Waals surface area contributed by atoms with Gasteiger partial charge in [-0.3, -0.25) is 0 Å². The maximum Gasteiger partial charge on any atom is 0.321 e. The zero-order chi connectivity index (χ0) is 22.7. The average Bonchev–Trinajstić information content (AvgIpc) is 2.78. The number of urea groups is 1. The van der Waals surface area contributed by atoms with Gasteiger partial charge in [0.1, 0.15) is 11.6 Å². The summed E-state index contributed by atoms with van der Waals surface area (Å²) in [4.78, 5) is 26.3. The van der Waals surface area contributed by atoms with E-state index in [4.69, 9.17) is 4.98 Å². The fourth-order valence-corrected chi connectivity index (χ4v) is 4.22. The molecule has 1 aliphatic rings. The minimum atomic E-state index is -0.0677. The van der Waals surface area contributed by atoms with Gasteiger partial charge in [0.2, 0.25) is 0 Å². The molecule has 32 heavy (non-hydrogen) atoms. The second kappa shape index (κ2) is 9.69. The third-order valence-electron chi connectivity index (χ3n) is 5.77. The normalized spacial score (nSPS) is 13.9. The number of benzene rings is 2. The Morgan fingerprint density at radius 2 is 1.59 bits per heavy atom.